The lowest BCUT2D eigenvalue weighted by Crippen LogP contribution is -2.49. The molecule has 1 aromatic rings. The molecule has 0 radical (unpaired) electrons. The fourth-order valence-corrected chi connectivity index (χ4v) is 6.75. The number of amides is 2. The topological polar surface area (TPSA) is 48.5 Å². The van der Waals surface area contributed by atoms with Crippen molar-refractivity contribution < 1.29 is 4.79 Å². The monoisotopic (exact) mass is 412 g/mol. The van der Waals surface area contributed by atoms with Crippen LogP contribution in [-0.2, 0) is 6.42 Å². The second kappa shape index (κ2) is 9.67. The number of rotatable bonds is 10. The number of pyridine rings is 1. The van der Waals surface area contributed by atoms with Crippen molar-refractivity contribution in [2.75, 3.05) is 40.3 Å². The lowest BCUT2D eigenvalue weighted by Gasteiger charge is -2.57. The number of nitrogens with one attached hydrogen (secondary N) is 1. The maximum Gasteiger partial charge on any atom is 0.317 e. The highest BCUT2D eigenvalue weighted by Gasteiger charge is 2.50. The first kappa shape index (κ1) is 21.6. The summed E-state index contributed by atoms with van der Waals surface area (Å²) in [7, 11) is 4.17. The highest BCUT2D eigenvalue weighted by Crippen LogP contribution is 2.61. The zero-order chi connectivity index (χ0) is 21.0. The molecular formula is C25H40N4O. The summed E-state index contributed by atoms with van der Waals surface area (Å²) in [5, 5.41) is 3.19. The van der Waals surface area contributed by atoms with Gasteiger partial charge < -0.3 is 15.1 Å². The molecule has 2 amide bonds. The second-order valence-electron chi connectivity index (χ2n) is 10.6. The average molecular weight is 413 g/mol. The third-order valence-electron chi connectivity index (χ3n) is 7.85. The van der Waals surface area contributed by atoms with Crippen LogP contribution in [0.15, 0.2) is 24.5 Å². The van der Waals surface area contributed by atoms with E-state index >= 15 is 0 Å². The molecule has 1 heterocycles. The Balaban J connectivity index is 1.27. The number of hydrogen-bond acceptors (Lipinski definition) is 3. The lowest BCUT2D eigenvalue weighted by molar-refractivity contribution is -0.0596. The predicted molar refractivity (Wildman–Crippen MR) is 121 cm³/mol. The molecule has 0 aliphatic heterocycles. The van der Waals surface area contributed by atoms with Crippen LogP contribution in [0.3, 0.4) is 0 Å². The Morgan fingerprint density at radius 3 is 2.27 bits per heavy atom. The molecule has 4 saturated carbocycles. The molecule has 5 rings (SSSR count). The minimum atomic E-state index is 0.122. The van der Waals surface area contributed by atoms with Crippen LogP contribution in [0.5, 0.6) is 0 Å². The van der Waals surface area contributed by atoms with Crippen LogP contribution in [0.1, 0.15) is 56.9 Å². The molecule has 5 heteroatoms. The summed E-state index contributed by atoms with van der Waals surface area (Å²) in [5.41, 5.74) is 1.82. The third kappa shape index (κ3) is 5.54. The molecule has 4 aliphatic rings. The van der Waals surface area contributed by atoms with Gasteiger partial charge in [-0.25, -0.2) is 4.79 Å². The summed E-state index contributed by atoms with van der Waals surface area (Å²) in [5.74, 6) is 2.94. The van der Waals surface area contributed by atoms with E-state index in [0.29, 0.717) is 5.41 Å². The highest BCUT2D eigenvalue weighted by molar-refractivity contribution is 5.74. The molecule has 0 atom stereocenters. The van der Waals surface area contributed by atoms with E-state index in [1.807, 2.05) is 12.4 Å². The van der Waals surface area contributed by atoms with Crippen LogP contribution >= 0.6 is 0 Å². The molecule has 1 aromatic heterocycles. The first-order chi connectivity index (χ1) is 14.5. The zero-order valence-electron chi connectivity index (χ0n) is 19.0. The summed E-state index contributed by atoms with van der Waals surface area (Å²) in [6.07, 6.45) is 15.6. The standard InChI is InChI=1S/C25H40N4O/c1-28(2)12-13-29(24(30)27-8-3-4-20-5-9-26-10-6-20)11-7-25-17-21-14-22(18-25)16-23(15-21)19-25/h5-6,9-10,21-23H,3-4,7-8,11-19H2,1-2H3,(H,27,30). The predicted octanol–water partition coefficient (Wildman–Crippen LogP) is 4.19. The molecule has 0 spiro atoms. The van der Waals surface area contributed by atoms with Crippen molar-refractivity contribution in [2.45, 2.75) is 57.8 Å². The maximum atomic E-state index is 13.0. The quantitative estimate of drug-likeness (QED) is 0.586. The molecule has 0 unspecified atom stereocenters. The zero-order valence-corrected chi connectivity index (χ0v) is 19.0. The number of carbonyl (C=O) groups is 1. The van der Waals surface area contributed by atoms with E-state index < -0.39 is 0 Å². The van der Waals surface area contributed by atoms with Gasteiger partial charge in [-0.2, -0.15) is 0 Å². The van der Waals surface area contributed by atoms with Gasteiger partial charge in [0.25, 0.3) is 0 Å². The molecule has 1 N–H and O–H groups in total. The number of carbonyl (C=O) groups excluding carboxylic acids is 1. The van der Waals surface area contributed by atoms with Crippen LogP contribution < -0.4 is 5.32 Å². The smallest absolute Gasteiger partial charge is 0.317 e. The van der Waals surface area contributed by atoms with Crippen molar-refractivity contribution in [3.05, 3.63) is 30.1 Å². The van der Waals surface area contributed by atoms with Gasteiger partial charge in [-0.05, 0) is 113 Å². The van der Waals surface area contributed by atoms with Crippen molar-refractivity contribution in [3.63, 3.8) is 0 Å². The average Bonchev–Trinajstić information content (AvgIpc) is 2.70. The Morgan fingerprint density at radius 1 is 1.03 bits per heavy atom. The van der Waals surface area contributed by atoms with Crippen LogP contribution in [0.25, 0.3) is 0 Å². The van der Waals surface area contributed by atoms with Crippen molar-refractivity contribution >= 4 is 6.03 Å². The minimum Gasteiger partial charge on any atom is -0.338 e. The number of hydrogen-bond donors (Lipinski definition) is 1. The minimum absolute atomic E-state index is 0.122. The highest BCUT2D eigenvalue weighted by atomic mass is 16.2. The Bertz CT molecular complexity index is 654. The van der Waals surface area contributed by atoms with Crippen molar-refractivity contribution in [3.8, 4) is 0 Å². The molecule has 4 aliphatic carbocycles. The van der Waals surface area contributed by atoms with Gasteiger partial charge in [0, 0.05) is 38.6 Å². The number of aryl methyl sites for hydroxylation is 1. The van der Waals surface area contributed by atoms with Gasteiger partial charge in [-0.15, -0.1) is 0 Å². The normalized spacial score (nSPS) is 29.4. The van der Waals surface area contributed by atoms with Gasteiger partial charge in [-0.1, -0.05) is 0 Å². The summed E-state index contributed by atoms with van der Waals surface area (Å²) in [4.78, 5) is 21.3. The van der Waals surface area contributed by atoms with Crippen LogP contribution in [0, 0.1) is 23.2 Å². The van der Waals surface area contributed by atoms with Crippen molar-refractivity contribution in [2.24, 2.45) is 23.2 Å². The van der Waals surface area contributed by atoms with Crippen LogP contribution in [-0.4, -0.2) is 61.1 Å². The van der Waals surface area contributed by atoms with Gasteiger partial charge in [0.2, 0.25) is 0 Å². The van der Waals surface area contributed by atoms with Crippen LogP contribution in [0.2, 0.25) is 0 Å². The molecular weight excluding hydrogens is 372 g/mol. The summed E-state index contributed by atoms with van der Waals surface area (Å²) in [6.45, 7) is 3.38. The maximum absolute atomic E-state index is 13.0. The van der Waals surface area contributed by atoms with E-state index in [0.717, 1.165) is 56.8 Å². The number of nitrogens with zero attached hydrogens (tertiary/aromatic N) is 3. The van der Waals surface area contributed by atoms with E-state index in [-0.39, 0.29) is 6.03 Å². The third-order valence-corrected chi connectivity index (χ3v) is 7.85. The lowest BCUT2D eigenvalue weighted by atomic mass is 9.49. The molecule has 4 fully saturated rings. The van der Waals surface area contributed by atoms with Gasteiger partial charge in [0.15, 0.2) is 0 Å². The fraction of sp³-hybridized carbons (Fsp3) is 0.760. The molecule has 5 nitrogen and oxygen atoms in total. The molecule has 30 heavy (non-hydrogen) atoms. The van der Waals surface area contributed by atoms with Crippen LogP contribution in [0.4, 0.5) is 4.79 Å². The van der Waals surface area contributed by atoms with E-state index in [2.05, 4.69) is 46.3 Å². The Labute approximate surface area is 182 Å². The summed E-state index contributed by atoms with van der Waals surface area (Å²) >= 11 is 0. The second-order valence-corrected chi connectivity index (χ2v) is 10.6. The first-order valence-corrected chi connectivity index (χ1v) is 12.1. The molecule has 0 aromatic carbocycles. The Kier molecular flexibility index (Phi) is 6.97. The summed E-state index contributed by atoms with van der Waals surface area (Å²) in [6, 6.07) is 4.23. The molecule has 0 saturated heterocycles. The van der Waals surface area contributed by atoms with Gasteiger partial charge in [0.05, 0.1) is 0 Å². The van der Waals surface area contributed by atoms with E-state index in [9.17, 15) is 4.79 Å². The number of likely N-dealkylation sites (N-methyl/N-ethyl adjacent to an activating group) is 1. The first-order valence-electron chi connectivity index (χ1n) is 12.1. The van der Waals surface area contributed by atoms with E-state index in [1.165, 1.54) is 50.5 Å². The fourth-order valence-electron chi connectivity index (χ4n) is 6.75. The Morgan fingerprint density at radius 2 is 1.67 bits per heavy atom. The van der Waals surface area contributed by atoms with E-state index in [4.69, 9.17) is 0 Å². The number of urea groups is 1. The number of aromatic nitrogens is 1. The Hall–Kier alpha value is -1.62. The largest absolute Gasteiger partial charge is 0.338 e. The molecule has 4 bridgehead atoms. The van der Waals surface area contributed by atoms with E-state index in [1.54, 1.807) is 0 Å². The van der Waals surface area contributed by atoms with Gasteiger partial charge in [-0.3, -0.25) is 4.98 Å². The van der Waals surface area contributed by atoms with Crippen molar-refractivity contribution in [1.29, 1.82) is 0 Å². The van der Waals surface area contributed by atoms with Crippen molar-refractivity contribution in [1.82, 2.24) is 20.1 Å². The SMILES string of the molecule is CN(C)CCN(CCC12CC3CC(CC(C3)C1)C2)C(=O)NCCCc1ccncc1. The summed E-state index contributed by atoms with van der Waals surface area (Å²) < 4.78 is 0. The van der Waals surface area contributed by atoms with Gasteiger partial charge in [0.1, 0.15) is 0 Å². The van der Waals surface area contributed by atoms with Gasteiger partial charge >= 0.3 is 6.03 Å². The molecule has 166 valence electrons.